The van der Waals surface area contributed by atoms with Gasteiger partial charge in [-0.05, 0) is 37.1 Å². The second-order valence-corrected chi connectivity index (χ2v) is 8.44. The molecule has 1 heterocycles. The summed E-state index contributed by atoms with van der Waals surface area (Å²) in [6.07, 6.45) is 1.96. The summed E-state index contributed by atoms with van der Waals surface area (Å²) in [6.45, 7) is 7.54. The monoisotopic (exact) mass is 336 g/mol. The van der Waals surface area contributed by atoms with Gasteiger partial charge < -0.3 is 15.4 Å². The van der Waals surface area contributed by atoms with Gasteiger partial charge in [0.15, 0.2) is 0 Å². The first-order valence-electron chi connectivity index (χ1n) is 7.83. The maximum absolute atomic E-state index is 11.9. The highest BCUT2D eigenvalue weighted by atomic mass is 32.2. The molecule has 2 amide bonds. The minimum Gasteiger partial charge on any atom is -0.376 e. The Labute approximate surface area is 141 Å². The standard InChI is InChI=1S/C17H24N2O3S/c1-17(2,3)23-14-8-6-12(7-9-14)19-16(21)15(20)18-11-13-5-4-10-22-13/h6-9,13H,4-5,10-11H2,1-3H3,(H,18,20)(H,19,21)/t13-/m0/s1. The van der Waals surface area contributed by atoms with Gasteiger partial charge in [0.25, 0.3) is 0 Å². The van der Waals surface area contributed by atoms with Crippen LogP contribution in [-0.4, -0.2) is 35.8 Å². The van der Waals surface area contributed by atoms with Crippen LogP contribution in [0.25, 0.3) is 0 Å². The predicted molar refractivity (Wildman–Crippen MR) is 92.7 cm³/mol. The third-order valence-corrected chi connectivity index (χ3v) is 4.38. The highest BCUT2D eigenvalue weighted by Gasteiger charge is 2.19. The van der Waals surface area contributed by atoms with Crippen LogP contribution in [0, 0.1) is 0 Å². The zero-order valence-corrected chi connectivity index (χ0v) is 14.7. The molecule has 1 saturated heterocycles. The average Bonchev–Trinajstić information content (AvgIpc) is 2.98. The number of benzene rings is 1. The first-order valence-corrected chi connectivity index (χ1v) is 8.65. The summed E-state index contributed by atoms with van der Waals surface area (Å²) in [6, 6.07) is 7.49. The van der Waals surface area contributed by atoms with Crippen LogP contribution in [0.15, 0.2) is 29.2 Å². The van der Waals surface area contributed by atoms with E-state index in [-0.39, 0.29) is 10.9 Å². The van der Waals surface area contributed by atoms with E-state index in [0.29, 0.717) is 12.2 Å². The molecule has 1 aliphatic heterocycles. The molecule has 0 unspecified atom stereocenters. The molecule has 0 radical (unpaired) electrons. The SMILES string of the molecule is CC(C)(C)Sc1ccc(NC(=O)C(=O)NC[C@@H]2CCCO2)cc1. The van der Waals surface area contributed by atoms with Crippen LogP contribution in [0.5, 0.6) is 0 Å². The highest BCUT2D eigenvalue weighted by molar-refractivity contribution is 8.00. The van der Waals surface area contributed by atoms with E-state index < -0.39 is 11.8 Å². The Morgan fingerprint density at radius 1 is 1.22 bits per heavy atom. The Kier molecular flexibility index (Phi) is 6.07. The van der Waals surface area contributed by atoms with Gasteiger partial charge in [0, 0.05) is 28.5 Å². The van der Waals surface area contributed by atoms with E-state index in [1.165, 1.54) is 0 Å². The van der Waals surface area contributed by atoms with Crippen molar-refractivity contribution in [3.8, 4) is 0 Å². The Bertz CT molecular complexity index is 546. The van der Waals surface area contributed by atoms with Gasteiger partial charge in [0.2, 0.25) is 0 Å². The van der Waals surface area contributed by atoms with Gasteiger partial charge in [-0.15, -0.1) is 11.8 Å². The van der Waals surface area contributed by atoms with Crippen molar-refractivity contribution in [2.45, 2.75) is 49.4 Å². The van der Waals surface area contributed by atoms with Gasteiger partial charge in [-0.1, -0.05) is 20.8 Å². The van der Waals surface area contributed by atoms with E-state index in [9.17, 15) is 9.59 Å². The Morgan fingerprint density at radius 3 is 2.48 bits per heavy atom. The van der Waals surface area contributed by atoms with E-state index in [2.05, 4.69) is 31.4 Å². The van der Waals surface area contributed by atoms with Crippen LogP contribution in [0.2, 0.25) is 0 Å². The molecule has 0 aromatic heterocycles. The summed E-state index contributed by atoms with van der Waals surface area (Å²) in [5.74, 6) is -1.28. The van der Waals surface area contributed by atoms with Crippen molar-refractivity contribution in [3.63, 3.8) is 0 Å². The van der Waals surface area contributed by atoms with Crippen LogP contribution >= 0.6 is 11.8 Å². The number of carbonyl (C=O) groups is 2. The van der Waals surface area contributed by atoms with Gasteiger partial charge >= 0.3 is 11.8 Å². The maximum Gasteiger partial charge on any atom is 0.313 e. The number of hydrogen-bond acceptors (Lipinski definition) is 4. The summed E-state index contributed by atoms with van der Waals surface area (Å²) in [4.78, 5) is 24.8. The molecular formula is C17H24N2O3S. The number of amides is 2. The number of ether oxygens (including phenoxy) is 1. The van der Waals surface area contributed by atoms with Crippen molar-refractivity contribution in [3.05, 3.63) is 24.3 Å². The number of nitrogens with one attached hydrogen (secondary N) is 2. The fraction of sp³-hybridized carbons (Fsp3) is 0.529. The van der Waals surface area contributed by atoms with Crippen molar-refractivity contribution in [1.29, 1.82) is 0 Å². The quantitative estimate of drug-likeness (QED) is 0.655. The molecule has 1 aromatic carbocycles. The van der Waals surface area contributed by atoms with Gasteiger partial charge in [-0.2, -0.15) is 0 Å². The van der Waals surface area contributed by atoms with Crippen molar-refractivity contribution in [2.24, 2.45) is 0 Å². The zero-order valence-electron chi connectivity index (χ0n) is 13.8. The van der Waals surface area contributed by atoms with E-state index in [0.717, 1.165) is 24.3 Å². The lowest BCUT2D eigenvalue weighted by molar-refractivity contribution is -0.136. The fourth-order valence-electron chi connectivity index (χ4n) is 2.24. The predicted octanol–water partition coefficient (Wildman–Crippen LogP) is 2.81. The number of thioether (sulfide) groups is 1. The molecule has 0 aliphatic carbocycles. The number of hydrogen-bond donors (Lipinski definition) is 2. The Hall–Kier alpha value is -1.53. The first kappa shape index (κ1) is 17.8. The van der Waals surface area contributed by atoms with E-state index in [1.54, 1.807) is 23.9 Å². The molecule has 5 nitrogen and oxygen atoms in total. The van der Waals surface area contributed by atoms with Gasteiger partial charge in [-0.25, -0.2) is 0 Å². The van der Waals surface area contributed by atoms with E-state index in [4.69, 9.17) is 4.74 Å². The van der Waals surface area contributed by atoms with Crippen LogP contribution < -0.4 is 10.6 Å². The van der Waals surface area contributed by atoms with Crippen molar-refractivity contribution >= 4 is 29.3 Å². The highest BCUT2D eigenvalue weighted by Crippen LogP contribution is 2.32. The largest absolute Gasteiger partial charge is 0.376 e. The smallest absolute Gasteiger partial charge is 0.313 e. The number of carbonyl (C=O) groups excluding carboxylic acids is 2. The average molecular weight is 336 g/mol. The fourth-order valence-corrected chi connectivity index (χ4v) is 3.22. The summed E-state index contributed by atoms with van der Waals surface area (Å²) < 4.78 is 5.54. The van der Waals surface area contributed by atoms with Crippen LogP contribution in [0.1, 0.15) is 33.6 Å². The lowest BCUT2D eigenvalue weighted by atomic mass is 10.2. The molecule has 6 heteroatoms. The minimum absolute atomic E-state index is 0.0282. The summed E-state index contributed by atoms with van der Waals surface area (Å²) in [5, 5.41) is 5.21. The molecule has 1 fully saturated rings. The molecule has 0 saturated carbocycles. The number of rotatable bonds is 4. The molecule has 2 rings (SSSR count). The van der Waals surface area contributed by atoms with Gasteiger partial charge in [0.1, 0.15) is 0 Å². The molecule has 23 heavy (non-hydrogen) atoms. The molecular weight excluding hydrogens is 312 g/mol. The zero-order chi connectivity index (χ0) is 16.9. The minimum atomic E-state index is -0.653. The third kappa shape index (κ3) is 6.23. The molecule has 0 spiro atoms. The van der Waals surface area contributed by atoms with Crippen LogP contribution in [0.4, 0.5) is 5.69 Å². The van der Waals surface area contributed by atoms with Crippen molar-refractivity contribution < 1.29 is 14.3 Å². The van der Waals surface area contributed by atoms with E-state index in [1.807, 2.05) is 12.1 Å². The first-order chi connectivity index (χ1) is 10.8. The summed E-state index contributed by atoms with van der Waals surface area (Å²) >= 11 is 1.75. The van der Waals surface area contributed by atoms with Crippen molar-refractivity contribution in [1.82, 2.24) is 5.32 Å². The number of anilines is 1. The lowest BCUT2D eigenvalue weighted by Gasteiger charge is -2.17. The van der Waals surface area contributed by atoms with Gasteiger partial charge in [-0.3, -0.25) is 9.59 Å². The van der Waals surface area contributed by atoms with Crippen LogP contribution in [0.3, 0.4) is 0 Å². The van der Waals surface area contributed by atoms with Crippen molar-refractivity contribution in [2.75, 3.05) is 18.5 Å². The molecule has 126 valence electrons. The normalized spacial score (nSPS) is 17.8. The van der Waals surface area contributed by atoms with E-state index >= 15 is 0 Å². The maximum atomic E-state index is 11.9. The molecule has 1 aliphatic rings. The second-order valence-electron chi connectivity index (χ2n) is 6.54. The molecule has 2 N–H and O–H groups in total. The topological polar surface area (TPSA) is 67.4 Å². The van der Waals surface area contributed by atoms with Gasteiger partial charge in [0.05, 0.1) is 6.10 Å². The summed E-state index contributed by atoms with van der Waals surface area (Å²) in [5.41, 5.74) is 0.612. The van der Waals surface area contributed by atoms with Crippen LogP contribution in [-0.2, 0) is 14.3 Å². The Balaban J connectivity index is 1.80. The molecule has 0 bridgehead atoms. The summed E-state index contributed by atoms with van der Waals surface area (Å²) in [7, 11) is 0. The third-order valence-electron chi connectivity index (χ3n) is 3.26. The molecule has 1 atom stereocenters. The lowest BCUT2D eigenvalue weighted by Crippen LogP contribution is -2.39. The molecule has 1 aromatic rings. The Morgan fingerprint density at radius 2 is 1.91 bits per heavy atom. The second kappa shape index (κ2) is 7.84.